The van der Waals surface area contributed by atoms with Gasteiger partial charge in [-0.05, 0) is 12.8 Å². The molecule has 0 aliphatic rings. The molecule has 0 aromatic heterocycles. The van der Waals surface area contributed by atoms with E-state index < -0.39 is 16.4 Å². The summed E-state index contributed by atoms with van der Waals surface area (Å²) in [5.41, 5.74) is 0. The molecule has 0 spiro atoms. The maximum Gasteiger partial charge on any atom is 0.358 e. The topological polar surface area (TPSA) is 75.6 Å². The summed E-state index contributed by atoms with van der Waals surface area (Å²) in [6.07, 6.45) is 0.391. The Bertz CT molecular complexity index is 214. The van der Waals surface area contributed by atoms with Crippen LogP contribution in [0.25, 0.3) is 0 Å². The molecule has 0 aliphatic heterocycles. The van der Waals surface area contributed by atoms with Crippen molar-refractivity contribution in [2.75, 3.05) is 0 Å². The van der Waals surface area contributed by atoms with E-state index in [0.717, 1.165) is 11.3 Å². The Kier molecular flexibility index (Phi) is 4.69. The van der Waals surface area contributed by atoms with Crippen LogP contribution in [-0.4, -0.2) is 19.7 Å². The third-order valence-corrected chi connectivity index (χ3v) is 2.62. The first-order valence-corrected chi connectivity index (χ1v) is 5.18. The smallest absolute Gasteiger partial charge is 0.300 e. The second kappa shape index (κ2) is 4.76. The molecule has 2 atom stereocenters. The van der Waals surface area contributed by atoms with Crippen molar-refractivity contribution in [3.63, 3.8) is 0 Å². The number of hydrogen-bond acceptors (Lipinski definition) is 4. The summed E-state index contributed by atoms with van der Waals surface area (Å²) in [7, 11) is -3.97. The van der Waals surface area contributed by atoms with Crippen LogP contribution in [0.3, 0.4) is 0 Å². The van der Waals surface area contributed by atoms with E-state index in [1.165, 1.54) is 0 Å². The summed E-state index contributed by atoms with van der Waals surface area (Å²) in [5, 5.41) is 8.13. The van der Waals surface area contributed by atoms with Gasteiger partial charge in [-0.25, -0.2) is 0 Å². The molecule has 74 valence electrons. The van der Waals surface area contributed by atoms with E-state index in [2.05, 4.69) is 4.18 Å². The van der Waals surface area contributed by atoms with E-state index in [1.54, 1.807) is 6.92 Å². The molecule has 0 bridgehead atoms. The van der Waals surface area contributed by atoms with Crippen LogP contribution >= 0.6 is 0 Å². The minimum atomic E-state index is -3.97. The van der Waals surface area contributed by atoms with Gasteiger partial charge in [0.1, 0.15) is 0 Å². The van der Waals surface area contributed by atoms with E-state index in [1.807, 2.05) is 13.8 Å². The molecule has 5 nitrogen and oxygen atoms in total. The van der Waals surface area contributed by atoms with Gasteiger partial charge in [-0.3, -0.25) is 4.18 Å². The molecule has 2 unspecified atom stereocenters. The van der Waals surface area contributed by atoms with Gasteiger partial charge in [0.15, 0.2) is 0 Å². The summed E-state index contributed by atoms with van der Waals surface area (Å²) in [4.78, 5) is 1.10. The van der Waals surface area contributed by atoms with Crippen LogP contribution in [0.5, 0.6) is 0 Å². The molecular formula is C6H15NO4S. The Hall–Kier alpha value is -0.170. The molecule has 0 heterocycles. The van der Waals surface area contributed by atoms with Gasteiger partial charge in [0.05, 0.1) is 6.10 Å². The zero-order chi connectivity index (χ0) is 9.78. The van der Waals surface area contributed by atoms with Crippen molar-refractivity contribution in [2.45, 2.75) is 33.3 Å². The third kappa shape index (κ3) is 4.01. The highest BCUT2D eigenvalue weighted by molar-refractivity contribution is 7.84. The average molecular weight is 197 g/mol. The SMILES string of the molecule is CCC(C)C(C)OS(=O)(=O)NO. The van der Waals surface area contributed by atoms with Gasteiger partial charge >= 0.3 is 10.3 Å². The lowest BCUT2D eigenvalue weighted by Gasteiger charge is -2.17. The van der Waals surface area contributed by atoms with Gasteiger partial charge in [-0.1, -0.05) is 25.2 Å². The van der Waals surface area contributed by atoms with Crippen LogP contribution in [0.2, 0.25) is 0 Å². The Morgan fingerprint density at radius 3 is 2.33 bits per heavy atom. The molecule has 0 aliphatic carbocycles. The summed E-state index contributed by atoms with van der Waals surface area (Å²) >= 11 is 0. The third-order valence-electron chi connectivity index (χ3n) is 1.84. The fourth-order valence-electron chi connectivity index (χ4n) is 0.648. The largest absolute Gasteiger partial charge is 0.358 e. The van der Waals surface area contributed by atoms with Crippen LogP contribution < -0.4 is 4.89 Å². The van der Waals surface area contributed by atoms with Gasteiger partial charge in [-0.15, -0.1) is 0 Å². The average Bonchev–Trinajstić information content (AvgIpc) is 2.02. The lowest BCUT2D eigenvalue weighted by atomic mass is 10.0. The summed E-state index contributed by atoms with van der Waals surface area (Å²) in [6.45, 7) is 5.45. The quantitative estimate of drug-likeness (QED) is 0.635. The van der Waals surface area contributed by atoms with Crippen LogP contribution in [-0.2, 0) is 14.5 Å². The van der Waals surface area contributed by atoms with Gasteiger partial charge < -0.3 is 5.21 Å². The van der Waals surface area contributed by atoms with E-state index in [9.17, 15) is 8.42 Å². The zero-order valence-electron chi connectivity index (χ0n) is 7.44. The predicted molar refractivity (Wildman–Crippen MR) is 43.8 cm³/mol. The van der Waals surface area contributed by atoms with Crippen molar-refractivity contribution < 1.29 is 17.8 Å². The predicted octanol–water partition coefficient (Wildman–Crippen LogP) is 0.661. The van der Waals surface area contributed by atoms with E-state index in [-0.39, 0.29) is 5.92 Å². The summed E-state index contributed by atoms with van der Waals surface area (Å²) in [6, 6.07) is 0. The van der Waals surface area contributed by atoms with Crippen LogP contribution in [0, 0.1) is 5.92 Å². The molecule has 0 saturated heterocycles. The molecule has 0 aromatic carbocycles. The zero-order valence-corrected chi connectivity index (χ0v) is 8.26. The molecule has 0 amide bonds. The minimum Gasteiger partial charge on any atom is -0.300 e. The van der Waals surface area contributed by atoms with E-state index in [4.69, 9.17) is 5.21 Å². The van der Waals surface area contributed by atoms with Crippen molar-refractivity contribution in [1.29, 1.82) is 0 Å². The molecule has 12 heavy (non-hydrogen) atoms. The second-order valence-electron chi connectivity index (χ2n) is 2.73. The molecular weight excluding hydrogens is 182 g/mol. The first kappa shape index (κ1) is 11.8. The molecule has 0 radical (unpaired) electrons. The monoisotopic (exact) mass is 197 g/mol. The van der Waals surface area contributed by atoms with Gasteiger partial charge in [0.25, 0.3) is 0 Å². The van der Waals surface area contributed by atoms with Crippen molar-refractivity contribution in [3.05, 3.63) is 0 Å². The molecule has 0 fully saturated rings. The minimum absolute atomic E-state index is 0.133. The molecule has 0 aromatic rings. The Labute approximate surface area is 72.9 Å². The Balaban J connectivity index is 4.09. The maximum atomic E-state index is 10.6. The fraction of sp³-hybridized carbons (Fsp3) is 1.00. The van der Waals surface area contributed by atoms with E-state index in [0.29, 0.717) is 0 Å². The molecule has 0 rings (SSSR count). The normalized spacial score (nSPS) is 17.3. The summed E-state index contributed by atoms with van der Waals surface area (Å²) < 4.78 is 25.8. The highest BCUT2D eigenvalue weighted by Crippen LogP contribution is 2.12. The van der Waals surface area contributed by atoms with Gasteiger partial charge in [0.2, 0.25) is 0 Å². The van der Waals surface area contributed by atoms with Gasteiger partial charge in [0, 0.05) is 0 Å². The molecule has 0 saturated carbocycles. The Morgan fingerprint density at radius 1 is 1.50 bits per heavy atom. The molecule has 2 N–H and O–H groups in total. The van der Waals surface area contributed by atoms with Crippen molar-refractivity contribution >= 4 is 10.3 Å². The highest BCUT2D eigenvalue weighted by Gasteiger charge is 2.18. The van der Waals surface area contributed by atoms with Crippen molar-refractivity contribution in [2.24, 2.45) is 5.92 Å². The van der Waals surface area contributed by atoms with Crippen LogP contribution in [0.4, 0.5) is 0 Å². The van der Waals surface area contributed by atoms with Gasteiger partial charge in [-0.2, -0.15) is 8.42 Å². The van der Waals surface area contributed by atoms with Crippen LogP contribution in [0.1, 0.15) is 27.2 Å². The van der Waals surface area contributed by atoms with E-state index >= 15 is 0 Å². The lowest BCUT2D eigenvalue weighted by molar-refractivity contribution is 0.137. The van der Waals surface area contributed by atoms with Crippen molar-refractivity contribution in [1.82, 2.24) is 4.89 Å². The van der Waals surface area contributed by atoms with Crippen LogP contribution in [0.15, 0.2) is 0 Å². The Morgan fingerprint density at radius 2 is 2.00 bits per heavy atom. The second-order valence-corrected chi connectivity index (χ2v) is 4.02. The maximum absolute atomic E-state index is 10.6. The molecule has 6 heteroatoms. The number of nitrogens with one attached hydrogen (secondary N) is 1. The van der Waals surface area contributed by atoms with Crippen molar-refractivity contribution in [3.8, 4) is 0 Å². The number of rotatable bonds is 5. The highest BCUT2D eigenvalue weighted by atomic mass is 32.2. The standard InChI is InChI=1S/C6H15NO4S/c1-4-5(2)6(3)11-12(9,10)7-8/h5-8H,4H2,1-3H3. The number of hydrogen-bond donors (Lipinski definition) is 2. The first-order chi connectivity index (χ1) is 5.43. The first-order valence-electron chi connectivity index (χ1n) is 3.77. The fourth-order valence-corrected chi connectivity index (χ4v) is 1.28. The summed E-state index contributed by atoms with van der Waals surface area (Å²) in [5.74, 6) is 0.133. The lowest BCUT2D eigenvalue weighted by Crippen LogP contribution is -2.29.